The first-order valence-corrected chi connectivity index (χ1v) is 8.11. The number of fused-ring (bicyclic) bond motifs is 2. The maximum Gasteiger partial charge on any atom is 0.0707 e. The first-order chi connectivity index (χ1) is 11.2. The smallest absolute Gasteiger partial charge is 0.0707 e. The normalized spacial score (nSPS) is 11.4. The number of hydrogen-bond donors (Lipinski definition) is 0. The van der Waals surface area contributed by atoms with Crippen LogP contribution in [0.1, 0.15) is 22.4 Å². The third-order valence-corrected chi connectivity index (χ3v) is 4.53. The minimum absolute atomic E-state index is 1.04. The number of rotatable bonds is 3. The summed E-state index contributed by atoms with van der Waals surface area (Å²) in [5, 5.41) is 1.21. The molecule has 0 aliphatic rings. The van der Waals surface area contributed by atoms with E-state index in [1.165, 1.54) is 27.6 Å². The Morgan fingerprint density at radius 1 is 0.870 bits per heavy atom. The predicted molar refractivity (Wildman–Crippen MR) is 96.0 cm³/mol. The van der Waals surface area contributed by atoms with Crippen LogP contribution >= 0.6 is 0 Å². The van der Waals surface area contributed by atoms with E-state index in [0.717, 1.165) is 24.1 Å². The van der Waals surface area contributed by atoms with Crippen molar-refractivity contribution < 1.29 is 0 Å². The van der Waals surface area contributed by atoms with Gasteiger partial charge in [-0.25, -0.2) is 0 Å². The van der Waals surface area contributed by atoms with Gasteiger partial charge in [0.15, 0.2) is 0 Å². The lowest BCUT2D eigenvalue weighted by Crippen LogP contribution is -1.94. The van der Waals surface area contributed by atoms with Gasteiger partial charge in [0.05, 0.1) is 5.52 Å². The van der Waals surface area contributed by atoms with E-state index < -0.39 is 0 Å². The molecule has 114 valence electrons. The van der Waals surface area contributed by atoms with Gasteiger partial charge in [0.1, 0.15) is 0 Å². The van der Waals surface area contributed by atoms with Crippen LogP contribution in [-0.4, -0.2) is 9.38 Å². The highest BCUT2D eigenvalue weighted by molar-refractivity contribution is 5.79. The number of benzene rings is 1. The van der Waals surface area contributed by atoms with Gasteiger partial charge in [-0.05, 0) is 67.6 Å². The highest BCUT2D eigenvalue weighted by Gasteiger charge is 2.02. The van der Waals surface area contributed by atoms with Crippen molar-refractivity contribution in [1.82, 2.24) is 9.38 Å². The predicted octanol–water partition coefficient (Wildman–Crippen LogP) is 4.89. The van der Waals surface area contributed by atoms with Crippen LogP contribution in [0.25, 0.3) is 16.4 Å². The van der Waals surface area contributed by atoms with Crippen molar-refractivity contribution in [3.63, 3.8) is 0 Å². The molecule has 3 aromatic heterocycles. The summed E-state index contributed by atoms with van der Waals surface area (Å²) in [4.78, 5) is 4.63. The lowest BCUT2D eigenvalue weighted by atomic mass is 10.0. The zero-order valence-electron chi connectivity index (χ0n) is 13.6. The van der Waals surface area contributed by atoms with E-state index in [0.29, 0.717) is 0 Å². The van der Waals surface area contributed by atoms with E-state index in [2.05, 4.69) is 77.2 Å². The van der Waals surface area contributed by atoms with Crippen molar-refractivity contribution in [3.8, 4) is 0 Å². The zero-order valence-corrected chi connectivity index (χ0v) is 13.6. The molecule has 4 rings (SSSR count). The topological polar surface area (TPSA) is 17.3 Å². The molecule has 0 radical (unpaired) electrons. The number of nitrogens with zero attached hydrogens (tertiary/aromatic N) is 2. The number of aromatic nitrogens is 2. The third kappa shape index (κ3) is 2.72. The third-order valence-electron chi connectivity index (χ3n) is 4.53. The van der Waals surface area contributed by atoms with Gasteiger partial charge in [-0.15, -0.1) is 0 Å². The van der Waals surface area contributed by atoms with Crippen molar-refractivity contribution >= 4 is 16.4 Å². The van der Waals surface area contributed by atoms with Gasteiger partial charge < -0.3 is 4.40 Å². The van der Waals surface area contributed by atoms with Crippen LogP contribution in [0.2, 0.25) is 0 Å². The fourth-order valence-corrected chi connectivity index (χ4v) is 3.16. The molecular weight excluding hydrogens is 280 g/mol. The molecule has 23 heavy (non-hydrogen) atoms. The van der Waals surface area contributed by atoms with E-state index in [1.54, 1.807) is 0 Å². The first-order valence-electron chi connectivity index (χ1n) is 8.11. The molecule has 3 heterocycles. The number of hydrogen-bond acceptors (Lipinski definition) is 1. The minimum Gasteiger partial charge on any atom is -0.323 e. The lowest BCUT2D eigenvalue weighted by molar-refractivity contribution is 0.944. The van der Waals surface area contributed by atoms with Crippen LogP contribution in [0.4, 0.5) is 0 Å². The van der Waals surface area contributed by atoms with E-state index in [4.69, 9.17) is 0 Å². The molecule has 2 heteroatoms. The average Bonchev–Trinajstić information content (AvgIpc) is 2.93. The Labute approximate surface area is 136 Å². The molecule has 4 aromatic rings. The molecule has 0 aliphatic carbocycles. The second kappa shape index (κ2) is 5.54. The summed E-state index contributed by atoms with van der Waals surface area (Å²) in [5.74, 6) is 0. The minimum atomic E-state index is 1.04. The van der Waals surface area contributed by atoms with E-state index >= 15 is 0 Å². The van der Waals surface area contributed by atoms with Crippen molar-refractivity contribution in [2.75, 3.05) is 0 Å². The molecule has 2 nitrogen and oxygen atoms in total. The Kier molecular flexibility index (Phi) is 3.38. The van der Waals surface area contributed by atoms with Crippen LogP contribution < -0.4 is 0 Å². The van der Waals surface area contributed by atoms with Crippen LogP contribution in [0.3, 0.4) is 0 Å². The summed E-state index contributed by atoms with van der Waals surface area (Å²) < 4.78 is 2.22. The molecule has 1 aromatic carbocycles. The van der Waals surface area contributed by atoms with Gasteiger partial charge in [0.2, 0.25) is 0 Å². The molecule has 0 unspecified atom stereocenters. The maximum absolute atomic E-state index is 4.63. The molecule has 0 aliphatic heterocycles. The van der Waals surface area contributed by atoms with Gasteiger partial charge in [0, 0.05) is 29.0 Å². The molecule has 0 bridgehead atoms. The van der Waals surface area contributed by atoms with Crippen molar-refractivity contribution in [2.45, 2.75) is 26.7 Å². The quantitative estimate of drug-likeness (QED) is 0.526. The van der Waals surface area contributed by atoms with Gasteiger partial charge in [-0.1, -0.05) is 24.3 Å². The highest BCUT2D eigenvalue weighted by atomic mass is 14.9. The highest BCUT2D eigenvalue weighted by Crippen LogP contribution is 2.17. The molecule has 0 atom stereocenters. The summed E-state index contributed by atoms with van der Waals surface area (Å²) in [5.41, 5.74) is 7.50. The van der Waals surface area contributed by atoms with Crippen molar-refractivity contribution in [1.29, 1.82) is 0 Å². The van der Waals surface area contributed by atoms with E-state index in [9.17, 15) is 0 Å². The molecule has 0 spiro atoms. The Morgan fingerprint density at radius 3 is 2.57 bits per heavy atom. The van der Waals surface area contributed by atoms with Crippen LogP contribution in [0.5, 0.6) is 0 Å². The number of pyridine rings is 2. The Bertz CT molecular complexity index is 995. The molecule has 0 saturated carbocycles. The van der Waals surface area contributed by atoms with Crippen molar-refractivity contribution in [2.24, 2.45) is 0 Å². The summed E-state index contributed by atoms with van der Waals surface area (Å²) in [6.07, 6.45) is 6.46. The molecule has 0 amide bonds. The second-order valence-electron chi connectivity index (χ2n) is 6.31. The van der Waals surface area contributed by atoms with E-state index in [1.807, 2.05) is 6.92 Å². The van der Waals surface area contributed by atoms with Gasteiger partial charge >= 0.3 is 0 Å². The number of aryl methyl sites for hydroxylation is 4. The largest absolute Gasteiger partial charge is 0.323 e. The maximum atomic E-state index is 4.63. The summed E-state index contributed by atoms with van der Waals surface area (Å²) in [6.45, 7) is 4.19. The van der Waals surface area contributed by atoms with Crippen LogP contribution in [0, 0.1) is 13.8 Å². The Hall–Kier alpha value is -2.61. The molecular formula is C21H20N2. The summed E-state index contributed by atoms with van der Waals surface area (Å²) in [6, 6.07) is 17.5. The standard InChI is InChI=1S/C21H20N2/c1-15-11-12-23-14-18(7-10-21(15)23)5-4-17-6-9-19-8-3-16(2)22-20(19)13-17/h3,6-14H,4-5H2,1-2H3. The van der Waals surface area contributed by atoms with Gasteiger partial charge in [0.25, 0.3) is 0 Å². The summed E-state index contributed by atoms with van der Waals surface area (Å²) in [7, 11) is 0. The van der Waals surface area contributed by atoms with Crippen LogP contribution in [0.15, 0.2) is 60.9 Å². The van der Waals surface area contributed by atoms with Crippen LogP contribution in [-0.2, 0) is 12.8 Å². The average molecular weight is 300 g/mol. The first kappa shape index (κ1) is 14.0. The zero-order chi connectivity index (χ0) is 15.8. The lowest BCUT2D eigenvalue weighted by Gasteiger charge is -2.06. The molecule has 0 N–H and O–H groups in total. The SMILES string of the molecule is Cc1ccc2ccc(CCc3ccc4c(C)ccn4c3)cc2n1. The summed E-state index contributed by atoms with van der Waals surface area (Å²) >= 11 is 0. The fraction of sp³-hybridized carbons (Fsp3) is 0.190. The second-order valence-corrected chi connectivity index (χ2v) is 6.31. The van der Waals surface area contributed by atoms with E-state index in [-0.39, 0.29) is 0 Å². The van der Waals surface area contributed by atoms with Gasteiger partial charge in [-0.2, -0.15) is 0 Å². The van der Waals surface area contributed by atoms with Crippen molar-refractivity contribution in [3.05, 3.63) is 83.3 Å². The fourth-order valence-electron chi connectivity index (χ4n) is 3.16. The molecule has 0 fully saturated rings. The van der Waals surface area contributed by atoms with Gasteiger partial charge in [-0.3, -0.25) is 4.98 Å². The molecule has 0 saturated heterocycles. The Morgan fingerprint density at radius 2 is 1.65 bits per heavy atom. The monoisotopic (exact) mass is 300 g/mol. The Balaban J connectivity index is 1.57.